The summed E-state index contributed by atoms with van der Waals surface area (Å²) in [5.41, 5.74) is 0.892. The van der Waals surface area contributed by atoms with Crippen LogP contribution in [0.1, 0.15) is 43.8 Å². The van der Waals surface area contributed by atoms with Gasteiger partial charge in [0.2, 0.25) is 11.9 Å². The van der Waals surface area contributed by atoms with Gasteiger partial charge in [0.25, 0.3) is 0 Å². The average molecular weight is 367 g/mol. The molecule has 2 fully saturated rings. The predicted octanol–water partition coefficient (Wildman–Crippen LogP) is 3.10. The molecule has 0 spiro atoms. The highest BCUT2D eigenvalue weighted by atomic mass is 16.5. The van der Waals surface area contributed by atoms with Gasteiger partial charge in [0.1, 0.15) is 5.82 Å². The lowest BCUT2D eigenvalue weighted by Crippen LogP contribution is -2.43. The summed E-state index contributed by atoms with van der Waals surface area (Å²) in [6.07, 6.45) is 8.21. The molecule has 7 heteroatoms. The number of hydrogen-bond acceptors (Lipinski definition) is 6. The Labute approximate surface area is 159 Å². The highest BCUT2D eigenvalue weighted by molar-refractivity contribution is 5.79. The number of carbonyl (C=O) groups excluding carboxylic acids is 1. The van der Waals surface area contributed by atoms with Crippen molar-refractivity contribution in [1.29, 1.82) is 0 Å². The summed E-state index contributed by atoms with van der Waals surface area (Å²) < 4.78 is 5.42. The van der Waals surface area contributed by atoms with E-state index in [9.17, 15) is 4.79 Å². The number of rotatable bonds is 4. The van der Waals surface area contributed by atoms with E-state index in [0.29, 0.717) is 25.0 Å². The normalized spacial score (nSPS) is 21.0. The van der Waals surface area contributed by atoms with Gasteiger partial charge in [-0.2, -0.15) is 0 Å². The molecule has 4 rings (SSSR count). The molecule has 0 aliphatic carbocycles. The van der Waals surface area contributed by atoms with Gasteiger partial charge < -0.3 is 15.0 Å². The van der Waals surface area contributed by atoms with Gasteiger partial charge in [-0.25, -0.2) is 15.0 Å². The Morgan fingerprint density at radius 1 is 1.07 bits per heavy atom. The molecule has 0 radical (unpaired) electrons. The standard InChI is InChI=1S/C20H25N5O2/c26-19(15-8-13-27-14-9-15)25-12-4-2-5-17(25)16-7-11-22-20(23-16)24-18-6-1-3-10-21-18/h1,3,6-7,10-11,15,17H,2,4-5,8-9,12-14H2,(H,21,22,23,24)/t17-/m0/s1. The third-order valence-corrected chi connectivity index (χ3v) is 5.28. The van der Waals surface area contributed by atoms with Crippen LogP contribution in [0.4, 0.5) is 11.8 Å². The monoisotopic (exact) mass is 367 g/mol. The van der Waals surface area contributed by atoms with Crippen LogP contribution in [-0.2, 0) is 9.53 Å². The summed E-state index contributed by atoms with van der Waals surface area (Å²) in [5.74, 6) is 1.54. The maximum atomic E-state index is 13.1. The summed E-state index contributed by atoms with van der Waals surface area (Å²) in [5, 5.41) is 3.14. The number of anilines is 2. The summed E-state index contributed by atoms with van der Waals surface area (Å²) in [4.78, 5) is 28.4. The second kappa shape index (κ2) is 8.43. The van der Waals surface area contributed by atoms with Gasteiger partial charge in [0.15, 0.2) is 0 Å². The second-order valence-electron chi connectivity index (χ2n) is 7.07. The Kier molecular flexibility index (Phi) is 5.58. The highest BCUT2D eigenvalue weighted by Crippen LogP contribution is 2.33. The Bertz CT molecular complexity index is 764. The fourth-order valence-corrected chi connectivity index (χ4v) is 3.85. The SMILES string of the molecule is O=C(C1CCOCC1)N1CCCC[C@H]1c1ccnc(Nc2ccccn2)n1. The number of nitrogens with one attached hydrogen (secondary N) is 1. The van der Waals surface area contributed by atoms with E-state index in [2.05, 4.69) is 20.3 Å². The first-order chi connectivity index (χ1) is 13.3. The molecule has 1 N–H and O–H groups in total. The van der Waals surface area contributed by atoms with Crippen LogP contribution >= 0.6 is 0 Å². The largest absolute Gasteiger partial charge is 0.381 e. The van der Waals surface area contributed by atoms with Crippen LogP contribution in [0.25, 0.3) is 0 Å². The van der Waals surface area contributed by atoms with Crippen molar-refractivity contribution in [3.8, 4) is 0 Å². The third-order valence-electron chi connectivity index (χ3n) is 5.28. The van der Waals surface area contributed by atoms with E-state index in [1.807, 2.05) is 29.2 Å². The van der Waals surface area contributed by atoms with Gasteiger partial charge in [-0.1, -0.05) is 6.07 Å². The van der Waals surface area contributed by atoms with Crippen molar-refractivity contribution in [1.82, 2.24) is 19.9 Å². The van der Waals surface area contributed by atoms with Crippen LogP contribution in [0, 0.1) is 5.92 Å². The number of amides is 1. The Morgan fingerprint density at radius 2 is 1.96 bits per heavy atom. The summed E-state index contributed by atoms with van der Waals surface area (Å²) in [6, 6.07) is 7.58. The molecule has 7 nitrogen and oxygen atoms in total. The summed E-state index contributed by atoms with van der Waals surface area (Å²) in [7, 11) is 0. The number of pyridine rings is 1. The molecule has 2 aromatic rings. The van der Waals surface area contributed by atoms with Crippen molar-refractivity contribution in [2.75, 3.05) is 25.1 Å². The molecule has 2 aliphatic rings. The van der Waals surface area contributed by atoms with Crippen molar-refractivity contribution in [3.05, 3.63) is 42.4 Å². The first-order valence-electron chi connectivity index (χ1n) is 9.70. The van der Waals surface area contributed by atoms with Crippen molar-refractivity contribution in [2.24, 2.45) is 5.92 Å². The minimum atomic E-state index is 0.0152. The minimum absolute atomic E-state index is 0.0152. The molecule has 2 saturated heterocycles. The van der Waals surface area contributed by atoms with E-state index in [1.54, 1.807) is 12.4 Å². The van der Waals surface area contributed by atoms with Crippen LogP contribution in [0.15, 0.2) is 36.7 Å². The number of carbonyl (C=O) groups is 1. The molecule has 2 aliphatic heterocycles. The topological polar surface area (TPSA) is 80.2 Å². The number of aromatic nitrogens is 3. The van der Waals surface area contributed by atoms with Gasteiger partial charge in [-0.3, -0.25) is 4.79 Å². The predicted molar refractivity (Wildman–Crippen MR) is 101 cm³/mol. The van der Waals surface area contributed by atoms with Crippen LogP contribution in [0.5, 0.6) is 0 Å². The fraction of sp³-hybridized carbons (Fsp3) is 0.500. The maximum absolute atomic E-state index is 13.1. The third kappa shape index (κ3) is 4.24. The zero-order chi connectivity index (χ0) is 18.5. The van der Waals surface area contributed by atoms with Gasteiger partial charge in [-0.15, -0.1) is 0 Å². The number of nitrogens with zero attached hydrogens (tertiary/aromatic N) is 4. The van der Waals surface area contributed by atoms with E-state index in [0.717, 1.165) is 44.3 Å². The summed E-state index contributed by atoms with van der Waals surface area (Å²) >= 11 is 0. The molecule has 0 bridgehead atoms. The minimum Gasteiger partial charge on any atom is -0.381 e. The molecule has 1 amide bonds. The lowest BCUT2D eigenvalue weighted by atomic mass is 9.93. The van der Waals surface area contributed by atoms with E-state index in [1.165, 1.54) is 0 Å². The smallest absolute Gasteiger partial charge is 0.228 e. The first-order valence-corrected chi connectivity index (χ1v) is 9.70. The zero-order valence-electron chi connectivity index (χ0n) is 15.4. The molecule has 0 unspecified atom stereocenters. The van der Waals surface area contributed by atoms with Crippen molar-refractivity contribution in [2.45, 2.75) is 38.1 Å². The molecule has 0 saturated carbocycles. The summed E-state index contributed by atoms with van der Waals surface area (Å²) in [6.45, 7) is 2.16. The fourth-order valence-electron chi connectivity index (χ4n) is 3.85. The molecule has 1 atom stereocenters. The van der Waals surface area contributed by atoms with Gasteiger partial charge in [0, 0.05) is 38.1 Å². The molecular formula is C20H25N5O2. The van der Waals surface area contributed by atoms with Crippen molar-refractivity contribution >= 4 is 17.7 Å². The Morgan fingerprint density at radius 3 is 2.78 bits per heavy atom. The number of ether oxygens (including phenoxy) is 1. The van der Waals surface area contributed by atoms with Crippen molar-refractivity contribution < 1.29 is 9.53 Å². The van der Waals surface area contributed by atoms with Crippen LogP contribution < -0.4 is 5.32 Å². The van der Waals surface area contributed by atoms with Crippen molar-refractivity contribution in [3.63, 3.8) is 0 Å². The first kappa shape index (κ1) is 17.9. The Hall–Kier alpha value is -2.54. The number of likely N-dealkylation sites (tertiary alicyclic amines) is 1. The quantitative estimate of drug-likeness (QED) is 0.894. The van der Waals surface area contributed by atoms with Gasteiger partial charge in [0.05, 0.1) is 11.7 Å². The molecule has 2 aromatic heterocycles. The Balaban J connectivity index is 1.53. The lowest BCUT2D eigenvalue weighted by molar-refractivity contribution is -0.142. The average Bonchev–Trinajstić information content (AvgIpc) is 2.75. The van der Waals surface area contributed by atoms with E-state index >= 15 is 0 Å². The molecule has 0 aromatic carbocycles. The second-order valence-corrected chi connectivity index (χ2v) is 7.07. The number of hydrogen-bond donors (Lipinski definition) is 1. The molecule has 27 heavy (non-hydrogen) atoms. The van der Waals surface area contributed by atoms with Crippen LogP contribution in [-0.4, -0.2) is 45.5 Å². The molecule has 142 valence electrons. The van der Waals surface area contributed by atoms with E-state index in [-0.39, 0.29) is 17.9 Å². The van der Waals surface area contributed by atoms with E-state index in [4.69, 9.17) is 4.74 Å². The highest BCUT2D eigenvalue weighted by Gasteiger charge is 2.33. The van der Waals surface area contributed by atoms with Gasteiger partial charge in [-0.05, 0) is 50.3 Å². The molecular weight excluding hydrogens is 342 g/mol. The van der Waals surface area contributed by atoms with Crippen LogP contribution in [0.3, 0.4) is 0 Å². The van der Waals surface area contributed by atoms with E-state index < -0.39 is 0 Å². The van der Waals surface area contributed by atoms with Gasteiger partial charge >= 0.3 is 0 Å². The number of piperidine rings is 1. The van der Waals surface area contributed by atoms with Crippen LogP contribution in [0.2, 0.25) is 0 Å². The maximum Gasteiger partial charge on any atom is 0.228 e. The lowest BCUT2D eigenvalue weighted by Gasteiger charge is -2.38. The zero-order valence-corrected chi connectivity index (χ0v) is 15.4. The molecule has 4 heterocycles.